The molecule has 2 atom stereocenters. The topological polar surface area (TPSA) is 32.5 Å². The van der Waals surface area contributed by atoms with Crippen LogP contribution in [0, 0.1) is 0 Å². The van der Waals surface area contributed by atoms with Crippen LogP contribution in [0.5, 0.6) is 0 Å². The highest BCUT2D eigenvalue weighted by Crippen LogP contribution is 2.31. The van der Waals surface area contributed by atoms with Crippen molar-refractivity contribution in [3.63, 3.8) is 0 Å². The van der Waals surface area contributed by atoms with Crippen molar-refractivity contribution in [2.24, 2.45) is 5.73 Å². The highest BCUT2D eigenvalue weighted by atomic mass is 15.3. The molecule has 0 radical (unpaired) electrons. The van der Waals surface area contributed by atoms with Gasteiger partial charge in [-0.3, -0.25) is 9.80 Å². The van der Waals surface area contributed by atoms with Crippen LogP contribution in [0.2, 0.25) is 0 Å². The molecule has 3 fully saturated rings. The van der Waals surface area contributed by atoms with E-state index in [4.69, 9.17) is 5.73 Å². The molecule has 1 aliphatic carbocycles. The molecular weight excluding hydrogens is 210 g/mol. The van der Waals surface area contributed by atoms with E-state index >= 15 is 0 Å². The van der Waals surface area contributed by atoms with Crippen LogP contribution in [0.4, 0.5) is 0 Å². The summed E-state index contributed by atoms with van der Waals surface area (Å²) in [6, 6.07) is 1.53. The van der Waals surface area contributed by atoms with Crippen LogP contribution < -0.4 is 5.73 Å². The lowest BCUT2D eigenvalue weighted by atomic mass is 9.96. The molecule has 0 aromatic rings. The first-order valence-electron chi connectivity index (χ1n) is 7.43. The van der Waals surface area contributed by atoms with Gasteiger partial charge in [-0.1, -0.05) is 12.8 Å². The fourth-order valence-electron chi connectivity index (χ4n) is 4.11. The lowest BCUT2D eigenvalue weighted by Crippen LogP contribution is -2.59. The SMILES string of the molecule is CC1CN2CCCC2CN1CC1(N)CCCC1. The molecular formula is C14H27N3. The third kappa shape index (κ3) is 2.38. The predicted octanol–water partition coefficient (Wildman–Crippen LogP) is 1.43. The molecule has 0 amide bonds. The second-order valence-electron chi connectivity index (χ2n) is 6.64. The number of piperazine rings is 1. The lowest BCUT2D eigenvalue weighted by molar-refractivity contribution is 0.0437. The number of hydrogen-bond donors (Lipinski definition) is 1. The largest absolute Gasteiger partial charge is 0.324 e. The number of fused-ring (bicyclic) bond motifs is 1. The van der Waals surface area contributed by atoms with Gasteiger partial charge in [0.15, 0.2) is 0 Å². The van der Waals surface area contributed by atoms with Gasteiger partial charge in [-0.15, -0.1) is 0 Å². The Labute approximate surface area is 105 Å². The van der Waals surface area contributed by atoms with Gasteiger partial charge in [0, 0.05) is 37.3 Å². The van der Waals surface area contributed by atoms with Gasteiger partial charge in [0.1, 0.15) is 0 Å². The summed E-state index contributed by atoms with van der Waals surface area (Å²) in [7, 11) is 0. The molecule has 0 spiro atoms. The molecule has 2 heterocycles. The van der Waals surface area contributed by atoms with E-state index in [1.165, 1.54) is 58.2 Å². The first-order chi connectivity index (χ1) is 8.16. The Morgan fingerprint density at radius 2 is 1.94 bits per heavy atom. The van der Waals surface area contributed by atoms with Crippen molar-refractivity contribution in [1.29, 1.82) is 0 Å². The molecule has 3 heteroatoms. The van der Waals surface area contributed by atoms with Crippen molar-refractivity contribution in [2.75, 3.05) is 26.2 Å². The highest BCUT2D eigenvalue weighted by molar-refractivity contribution is 4.97. The summed E-state index contributed by atoms with van der Waals surface area (Å²) in [5.41, 5.74) is 6.67. The predicted molar refractivity (Wildman–Crippen MR) is 71.0 cm³/mol. The summed E-state index contributed by atoms with van der Waals surface area (Å²) < 4.78 is 0. The molecule has 2 N–H and O–H groups in total. The fourth-order valence-corrected chi connectivity index (χ4v) is 4.11. The zero-order chi connectivity index (χ0) is 11.9. The minimum absolute atomic E-state index is 0.134. The summed E-state index contributed by atoms with van der Waals surface area (Å²) in [5.74, 6) is 0. The van der Waals surface area contributed by atoms with E-state index in [1.54, 1.807) is 0 Å². The maximum atomic E-state index is 6.53. The van der Waals surface area contributed by atoms with E-state index in [-0.39, 0.29) is 5.54 Å². The standard InChI is InChI=1S/C14H27N3/c1-12-9-16-8-4-5-13(16)10-17(12)11-14(15)6-2-3-7-14/h12-13H,2-11,15H2,1H3. The highest BCUT2D eigenvalue weighted by Gasteiger charge is 2.38. The molecule has 3 nitrogen and oxygen atoms in total. The molecule has 0 aromatic heterocycles. The minimum atomic E-state index is 0.134. The third-order valence-electron chi connectivity index (χ3n) is 5.18. The minimum Gasteiger partial charge on any atom is -0.324 e. The van der Waals surface area contributed by atoms with Gasteiger partial charge < -0.3 is 5.73 Å². The van der Waals surface area contributed by atoms with Crippen molar-refractivity contribution >= 4 is 0 Å². The summed E-state index contributed by atoms with van der Waals surface area (Å²) in [5, 5.41) is 0. The van der Waals surface area contributed by atoms with Gasteiger partial charge >= 0.3 is 0 Å². The monoisotopic (exact) mass is 237 g/mol. The lowest BCUT2D eigenvalue weighted by Gasteiger charge is -2.45. The first kappa shape index (κ1) is 11.9. The molecule has 0 aromatic carbocycles. The van der Waals surface area contributed by atoms with Crippen molar-refractivity contribution in [2.45, 2.75) is 63.1 Å². The van der Waals surface area contributed by atoms with Gasteiger partial charge in [0.25, 0.3) is 0 Å². The Hall–Kier alpha value is -0.120. The molecule has 1 saturated carbocycles. The van der Waals surface area contributed by atoms with Crippen LogP contribution >= 0.6 is 0 Å². The molecule has 2 unspecified atom stereocenters. The number of nitrogens with zero attached hydrogens (tertiary/aromatic N) is 2. The Bertz CT molecular complexity index is 273. The van der Waals surface area contributed by atoms with Crippen molar-refractivity contribution in [3.05, 3.63) is 0 Å². The second kappa shape index (κ2) is 4.52. The Balaban J connectivity index is 1.62. The van der Waals surface area contributed by atoms with Crippen LogP contribution in [-0.4, -0.2) is 53.6 Å². The van der Waals surface area contributed by atoms with E-state index in [1.807, 2.05) is 0 Å². The van der Waals surface area contributed by atoms with E-state index < -0.39 is 0 Å². The summed E-state index contributed by atoms with van der Waals surface area (Å²) in [4.78, 5) is 5.37. The zero-order valence-corrected chi connectivity index (χ0v) is 11.2. The molecule has 2 aliphatic heterocycles. The van der Waals surface area contributed by atoms with E-state index in [0.717, 1.165) is 12.6 Å². The Morgan fingerprint density at radius 3 is 2.71 bits per heavy atom. The van der Waals surface area contributed by atoms with Gasteiger partial charge in [-0.25, -0.2) is 0 Å². The molecule has 3 rings (SSSR count). The van der Waals surface area contributed by atoms with Crippen LogP contribution in [0.3, 0.4) is 0 Å². The van der Waals surface area contributed by atoms with Crippen molar-refractivity contribution < 1.29 is 0 Å². The van der Waals surface area contributed by atoms with Crippen LogP contribution in [-0.2, 0) is 0 Å². The normalized spacial score (nSPS) is 38.5. The average Bonchev–Trinajstić information content (AvgIpc) is 2.88. The summed E-state index contributed by atoms with van der Waals surface area (Å²) in [6.07, 6.45) is 7.97. The third-order valence-corrected chi connectivity index (χ3v) is 5.18. The van der Waals surface area contributed by atoms with Gasteiger partial charge in [0.2, 0.25) is 0 Å². The number of nitrogens with two attached hydrogens (primary N) is 1. The van der Waals surface area contributed by atoms with Gasteiger partial charge in [0.05, 0.1) is 0 Å². The first-order valence-corrected chi connectivity index (χ1v) is 7.43. The smallest absolute Gasteiger partial charge is 0.0283 e. The maximum absolute atomic E-state index is 6.53. The van der Waals surface area contributed by atoms with Crippen molar-refractivity contribution in [3.8, 4) is 0 Å². The van der Waals surface area contributed by atoms with E-state index in [0.29, 0.717) is 6.04 Å². The average molecular weight is 237 g/mol. The number of hydrogen-bond acceptors (Lipinski definition) is 3. The molecule has 98 valence electrons. The quantitative estimate of drug-likeness (QED) is 0.788. The van der Waals surface area contributed by atoms with Crippen LogP contribution in [0.15, 0.2) is 0 Å². The van der Waals surface area contributed by atoms with E-state index in [2.05, 4.69) is 16.7 Å². The summed E-state index contributed by atoms with van der Waals surface area (Å²) >= 11 is 0. The van der Waals surface area contributed by atoms with Crippen LogP contribution in [0.25, 0.3) is 0 Å². The van der Waals surface area contributed by atoms with Crippen LogP contribution in [0.1, 0.15) is 45.4 Å². The van der Waals surface area contributed by atoms with Gasteiger partial charge in [-0.2, -0.15) is 0 Å². The van der Waals surface area contributed by atoms with E-state index in [9.17, 15) is 0 Å². The maximum Gasteiger partial charge on any atom is 0.0283 e. The summed E-state index contributed by atoms with van der Waals surface area (Å²) in [6.45, 7) is 7.38. The zero-order valence-electron chi connectivity index (χ0n) is 11.2. The van der Waals surface area contributed by atoms with Crippen molar-refractivity contribution in [1.82, 2.24) is 9.80 Å². The second-order valence-corrected chi connectivity index (χ2v) is 6.64. The molecule has 2 saturated heterocycles. The Kier molecular flexibility index (Phi) is 3.18. The fraction of sp³-hybridized carbons (Fsp3) is 1.00. The molecule has 3 aliphatic rings. The van der Waals surface area contributed by atoms with Gasteiger partial charge in [-0.05, 0) is 39.2 Å². The molecule has 17 heavy (non-hydrogen) atoms. The number of rotatable bonds is 2. The molecule has 0 bridgehead atoms. The Morgan fingerprint density at radius 1 is 1.18 bits per heavy atom.